The molecule has 3 heteroatoms. The topological polar surface area (TPSA) is 29.5 Å². The standard InChI is InChI=1S/C50H31NO2/c1-3-13-32(14-4-1)38-21-11-22-42-45-31-44(39-19-9-10-20-40(39)49(45)52-47(38)42)34-25-28-36(29-26-34)51(35-16-5-2-6-17-35)46-24-12-23-41-43-30-27-33-15-7-8-18-37(33)48(43)53-50(41)46/h1-31H. The van der Waals surface area contributed by atoms with E-state index in [1.807, 2.05) is 6.07 Å². The first-order valence-corrected chi connectivity index (χ1v) is 18.0. The molecule has 0 aliphatic carbocycles. The van der Waals surface area contributed by atoms with Gasteiger partial charge in [0.2, 0.25) is 0 Å². The summed E-state index contributed by atoms with van der Waals surface area (Å²) in [7, 11) is 0. The summed E-state index contributed by atoms with van der Waals surface area (Å²) in [6.07, 6.45) is 0. The highest BCUT2D eigenvalue weighted by Crippen LogP contribution is 2.45. The summed E-state index contributed by atoms with van der Waals surface area (Å²) >= 11 is 0. The molecular formula is C50H31NO2. The van der Waals surface area contributed by atoms with Crippen molar-refractivity contribution in [3.05, 3.63) is 188 Å². The predicted molar refractivity (Wildman–Crippen MR) is 222 cm³/mol. The first-order valence-electron chi connectivity index (χ1n) is 18.0. The van der Waals surface area contributed by atoms with Gasteiger partial charge in [-0.1, -0.05) is 146 Å². The van der Waals surface area contributed by atoms with Crippen molar-refractivity contribution in [3.8, 4) is 22.3 Å². The fraction of sp³-hybridized carbons (Fsp3) is 0. The minimum absolute atomic E-state index is 0.866. The highest BCUT2D eigenvalue weighted by molar-refractivity contribution is 6.21. The molecule has 0 atom stereocenters. The van der Waals surface area contributed by atoms with Gasteiger partial charge in [-0.15, -0.1) is 0 Å². The third-order valence-electron chi connectivity index (χ3n) is 10.6. The van der Waals surface area contributed by atoms with Crippen LogP contribution in [0.2, 0.25) is 0 Å². The smallest absolute Gasteiger partial charge is 0.159 e. The molecule has 0 bridgehead atoms. The number of hydrogen-bond acceptors (Lipinski definition) is 3. The summed E-state index contributed by atoms with van der Waals surface area (Å²) in [5.74, 6) is 0. The number of benzene rings is 9. The van der Waals surface area contributed by atoms with Crippen LogP contribution in [0.1, 0.15) is 0 Å². The fourth-order valence-corrected chi connectivity index (χ4v) is 8.19. The molecule has 2 heterocycles. The number of rotatable bonds is 5. The summed E-state index contributed by atoms with van der Waals surface area (Å²) in [6, 6.07) is 66.5. The summed E-state index contributed by atoms with van der Waals surface area (Å²) in [5, 5.41) is 9.01. The van der Waals surface area contributed by atoms with E-state index in [9.17, 15) is 0 Å². The lowest BCUT2D eigenvalue weighted by Gasteiger charge is -2.25. The number of para-hydroxylation sites is 3. The van der Waals surface area contributed by atoms with Crippen molar-refractivity contribution in [2.45, 2.75) is 0 Å². The number of anilines is 3. The molecule has 11 rings (SSSR count). The molecule has 0 saturated carbocycles. The van der Waals surface area contributed by atoms with Gasteiger partial charge in [0.15, 0.2) is 5.58 Å². The average Bonchev–Trinajstić information content (AvgIpc) is 3.81. The first-order chi connectivity index (χ1) is 26.3. The molecule has 0 unspecified atom stereocenters. The molecule has 53 heavy (non-hydrogen) atoms. The van der Waals surface area contributed by atoms with Crippen LogP contribution in [-0.4, -0.2) is 0 Å². The maximum atomic E-state index is 6.82. The normalized spacial score (nSPS) is 11.8. The van der Waals surface area contributed by atoms with Crippen LogP contribution in [0.15, 0.2) is 197 Å². The van der Waals surface area contributed by atoms with Crippen LogP contribution in [0.4, 0.5) is 17.1 Å². The Morgan fingerprint density at radius 3 is 1.66 bits per heavy atom. The Morgan fingerprint density at radius 2 is 0.849 bits per heavy atom. The van der Waals surface area contributed by atoms with E-state index in [1.165, 1.54) is 10.9 Å². The van der Waals surface area contributed by atoms with Gasteiger partial charge in [0.25, 0.3) is 0 Å². The van der Waals surface area contributed by atoms with Gasteiger partial charge in [0, 0.05) is 49.3 Å². The van der Waals surface area contributed by atoms with E-state index in [0.717, 1.165) is 93.8 Å². The lowest BCUT2D eigenvalue weighted by atomic mass is 9.94. The molecular weight excluding hydrogens is 647 g/mol. The third-order valence-corrected chi connectivity index (χ3v) is 10.6. The minimum atomic E-state index is 0.866. The highest BCUT2D eigenvalue weighted by atomic mass is 16.3. The summed E-state index contributed by atoms with van der Waals surface area (Å²) < 4.78 is 13.6. The Morgan fingerprint density at radius 1 is 0.302 bits per heavy atom. The van der Waals surface area contributed by atoms with Gasteiger partial charge >= 0.3 is 0 Å². The van der Waals surface area contributed by atoms with Crippen LogP contribution in [0.5, 0.6) is 0 Å². The maximum absolute atomic E-state index is 6.82. The van der Waals surface area contributed by atoms with Gasteiger partial charge in [0.05, 0.1) is 5.69 Å². The molecule has 0 radical (unpaired) electrons. The first kappa shape index (κ1) is 29.6. The van der Waals surface area contributed by atoms with Crippen molar-refractivity contribution in [2.75, 3.05) is 4.90 Å². The van der Waals surface area contributed by atoms with Crippen LogP contribution in [0.25, 0.3) is 87.7 Å². The number of nitrogens with zero attached hydrogens (tertiary/aromatic N) is 1. The second kappa shape index (κ2) is 11.7. The van der Waals surface area contributed by atoms with Gasteiger partial charge in [0.1, 0.15) is 16.7 Å². The van der Waals surface area contributed by atoms with E-state index < -0.39 is 0 Å². The van der Waals surface area contributed by atoms with Gasteiger partial charge in [-0.25, -0.2) is 0 Å². The minimum Gasteiger partial charge on any atom is -0.455 e. The summed E-state index contributed by atoms with van der Waals surface area (Å²) in [4.78, 5) is 2.30. The van der Waals surface area contributed by atoms with Crippen molar-refractivity contribution in [2.24, 2.45) is 0 Å². The molecule has 248 valence electrons. The van der Waals surface area contributed by atoms with Crippen molar-refractivity contribution in [3.63, 3.8) is 0 Å². The zero-order valence-electron chi connectivity index (χ0n) is 28.7. The Labute approximate surface area is 305 Å². The average molecular weight is 678 g/mol. The quantitative estimate of drug-likeness (QED) is 0.182. The molecule has 0 aliphatic heterocycles. The van der Waals surface area contributed by atoms with Crippen LogP contribution in [0, 0.1) is 0 Å². The molecule has 11 aromatic rings. The predicted octanol–water partition coefficient (Wildman–Crippen LogP) is 14.6. The van der Waals surface area contributed by atoms with Crippen molar-refractivity contribution in [1.29, 1.82) is 0 Å². The summed E-state index contributed by atoms with van der Waals surface area (Å²) in [6.45, 7) is 0. The van der Waals surface area contributed by atoms with Crippen molar-refractivity contribution < 1.29 is 8.83 Å². The second-order valence-electron chi connectivity index (χ2n) is 13.6. The molecule has 0 fully saturated rings. The fourth-order valence-electron chi connectivity index (χ4n) is 8.19. The Kier molecular flexibility index (Phi) is 6.55. The third kappa shape index (κ3) is 4.61. The monoisotopic (exact) mass is 677 g/mol. The molecule has 0 N–H and O–H groups in total. The van der Waals surface area contributed by atoms with Gasteiger partial charge in [-0.3, -0.25) is 0 Å². The Bertz CT molecular complexity index is 3160. The molecule has 0 saturated heterocycles. The van der Waals surface area contributed by atoms with E-state index in [-0.39, 0.29) is 0 Å². The van der Waals surface area contributed by atoms with Crippen molar-refractivity contribution >= 4 is 82.5 Å². The van der Waals surface area contributed by atoms with Crippen LogP contribution in [-0.2, 0) is 0 Å². The van der Waals surface area contributed by atoms with E-state index in [2.05, 4.69) is 187 Å². The Hall–Kier alpha value is -7.10. The molecule has 9 aromatic carbocycles. The van der Waals surface area contributed by atoms with Gasteiger partial charge < -0.3 is 13.7 Å². The molecule has 0 amide bonds. The van der Waals surface area contributed by atoms with E-state index >= 15 is 0 Å². The zero-order chi connectivity index (χ0) is 34.9. The van der Waals surface area contributed by atoms with Crippen LogP contribution >= 0.6 is 0 Å². The lowest BCUT2D eigenvalue weighted by Crippen LogP contribution is -2.10. The molecule has 0 aliphatic rings. The lowest BCUT2D eigenvalue weighted by molar-refractivity contribution is 0.672. The molecule has 0 spiro atoms. The van der Waals surface area contributed by atoms with Crippen LogP contribution in [0.3, 0.4) is 0 Å². The van der Waals surface area contributed by atoms with Gasteiger partial charge in [-0.2, -0.15) is 0 Å². The maximum Gasteiger partial charge on any atom is 0.159 e. The Balaban J connectivity index is 1.08. The van der Waals surface area contributed by atoms with E-state index in [1.54, 1.807) is 0 Å². The van der Waals surface area contributed by atoms with Gasteiger partial charge in [-0.05, 0) is 69.9 Å². The SMILES string of the molecule is c1ccc(-c2cccc3c2oc2c4ccccc4c(-c4ccc(N(c5ccccc5)c5cccc6c5oc5c7ccccc7ccc65)cc4)cc32)cc1. The number of hydrogen-bond donors (Lipinski definition) is 0. The second-order valence-corrected chi connectivity index (χ2v) is 13.6. The van der Waals surface area contributed by atoms with Crippen LogP contribution < -0.4 is 4.90 Å². The van der Waals surface area contributed by atoms with E-state index in [4.69, 9.17) is 8.83 Å². The zero-order valence-corrected chi connectivity index (χ0v) is 28.7. The number of fused-ring (bicyclic) bond motifs is 10. The molecule has 3 nitrogen and oxygen atoms in total. The number of furan rings is 2. The molecule has 2 aromatic heterocycles. The van der Waals surface area contributed by atoms with E-state index in [0.29, 0.717) is 0 Å². The summed E-state index contributed by atoms with van der Waals surface area (Å²) in [5.41, 5.74) is 11.3. The van der Waals surface area contributed by atoms with Crippen molar-refractivity contribution in [1.82, 2.24) is 0 Å². The largest absolute Gasteiger partial charge is 0.455 e. The highest BCUT2D eigenvalue weighted by Gasteiger charge is 2.21.